The summed E-state index contributed by atoms with van der Waals surface area (Å²) in [5, 5.41) is 6.36. The Morgan fingerprint density at radius 1 is 0.962 bits per heavy atom. The molecule has 1 heterocycles. The first-order chi connectivity index (χ1) is 12.6. The first kappa shape index (κ1) is 16.0. The maximum absolute atomic E-state index is 12.8. The molecule has 0 aliphatic carbocycles. The van der Waals surface area contributed by atoms with Crippen molar-refractivity contribution in [2.75, 3.05) is 16.4 Å². The third kappa shape index (κ3) is 2.93. The van der Waals surface area contributed by atoms with Gasteiger partial charge in [0, 0.05) is 22.6 Å². The second-order valence-electron chi connectivity index (χ2n) is 6.37. The van der Waals surface area contributed by atoms with Crippen LogP contribution in [0.25, 0.3) is 11.3 Å². The fourth-order valence-corrected chi connectivity index (χ4v) is 3.10. The molecular formula is C22H19N3O. The molecule has 3 aromatic rings. The van der Waals surface area contributed by atoms with Gasteiger partial charge in [0.25, 0.3) is 5.91 Å². The van der Waals surface area contributed by atoms with Crippen molar-refractivity contribution in [3.05, 3.63) is 89.5 Å². The lowest BCUT2D eigenvalue weighted by molar-refractivity contribution is -0.110. The maximum atomic E-state index is 12.8. The molecule has 26 heavy (non-hydrogen) atoms. The molecule has 0 bridgehead atoms. The highest BCUT2D eigenvalue weighted by molar-refractivity contribution is 6.37. The van der Waals surface area contributed by atoms with Crippen LogP contribution in [-0.2, 0) is 4.79 Å². The Labute approximate surface area is 152 Å². The van der Waals surface area contributed by atoms with Gasteiger partial charge in [-0.15, -0.1) is 0 Å². The number of nitrogens with one attached hydrogen (secondary N) is 2. The van der Waals surface area contributed by atoms with Crippen molar-refractivity contribution in [2.45, 2.75) is 6.92 Å². The Balaban J connectivity index is 1.91. The molecule has 0 fully saturated rings. The average Bonchev–Trinajstić information content (AvgIpc) is 2.97. The monoisotopic (exact) mass is 341 g/mol. The standard InChI is InChI=1S/C22H19N3O/c1-14-7-10-17(11-8-14)24-21(15-5-3-2-4-6-15)20-18-13-16(23)9-12-19(18)25-22(20)26/h2-13,24H,23H2,1H3,(H,25,26). The first-order valence-electron chi connectivity index (χ1n) is 8.46. The van der Waals surface area contributed by atoms with Gasteiger partial charge >= 0.3 is 0 Å². The zero-order chi connectivity index (χ0) is 18.1. The second kappa shape index (κ2) is 6.41. The molecule has 0 unspecified atom stereocenters. The summed E-state index contributed by atoms with van der Waals surface area (Å²) < 4.78 is 0. The van der Waals surface area contributed by atoms with E-state index in [4.69, 9.17) is 5.73 Å². The Morgan fingerprint density at radius 3 is 2.42 bits per heavy atom. The molecule has 0 saturated heterocycles. The van der Waals surface area contributed by atoms with Crippen molar-refractivity contribution in [3.8, 4) is 0 Å². The number of amides is 1. The number of benzene rings is 3. The van der Waals surface area contributed by atoms with Gasteiger partial charge in [-0.1, -0.05) is 48.0 Å². The normalized spacial score (nSPS) is 14.6. The summed E-state index contributed by atoms with van der Waals surface area (Å²) in [6, 6.07) is 23.4. The van der Waals surface area contributed by atoms with Crippen molar-refractivity contribution in [1.82, 2.24) is 0 Å². The molecule has 3 aromatic carbocycles. The van der Waals surface area contributed by atoms with Gasteiger partial charge in [-0.05, 0) is 42.8 Å². The van der Waals surface area contributed by atoms with Gasteiger partial charge in [0.15, 0.2) is 0 Å². The number of nitrogen functional groups attached to an aromatic ring is 1. The van der Waals surface area contributed by atoms with Crippen molar-refractivity contribution in [1.29, 1.82) is 0 Å². The van der Waals surface area contributed by atoms with Gasteiger partial charge in [0.05, 0.1) is 11.3 Å². The Morgan fingerprint density at radius 2 is 1.69 bits per heavy atom. The van der Waals surface area contributed by atoms with Crippen LogP contribution in [0.15, 0.2) is 72.8 Å². The number of rotatable bonds is 3. The zero-order valence-electron chi connectivity index (χ0n) is 14.4. The highest BCUT2D eigenvalue weighted by Gasteiger charge is 2.28. The Bertz CT molecular complexity index is 1010. The summed E-state index contributed by atoms with van der Waals surface area (Å²) in [5.41, 5.74) is 12.6. The Kier molecular flexibility index (Phi) is 3.93. The van der Waals surface area contributed by atoms with Crippen LogP contribution in [-0.4, -0.2) is 5.91 Å². The van der Waals surface area contributed by atoms with Gasteiger partial charge in [0.2, 0.25) is 0 Å². The number of carbonyl (C=O) groups excluding carboxylic acids is 1. The lowest BCUT2D eigenvalue weighted by Gasteiger charge is -2.15. The SMILES string of the molecule is Cc1ccc(NC(=C2C(=O)Nc3ccc(N)cc32)c2ccccc2)cc1. The number of nitrogens with two attached hydrogens (primary N) is 1. The van der Waals surface area contributed by atoms with Crippen LogP contribution >= 0.6 is 0 Å². The second-order valence-corrected chi connectivity index (χ2v) is 6.37. The van der Waals surface area contributed by atoms with E-state index in [1.165, 1.54) is 5.56 Å². The van der Waals surface area contributed by atoms with Crippen LogP contribution in [0.1, 0.15) is 16.7 Å². The van der Waals surface area contributed by atoms with Gasteiger partial charge in [0.1, 0.15) is 0 Å². The van der Waals surface area contributed by atoms with E-state index < -0.39 is 0 Å². The van der Waals surface area contributed by atoms with E-state index in [1.807, 2.05) is 73.7 Å². The van der Waals surface area contributed by atoms with Crippen molar-refractivity contribution in [2.24, 2.45) is 0 Å². The van der Waals surface area contributed by atoms with E-state index in [-0.39, 0.29) is 5.91 Å². The zero-order valence-corrected chi connectivity index (χ0v) is 14.4. The number of anilines is 3. The first-order valence-corrected chi connectivity index (χ1v) is 8.46. The van der Waals surface area contributed by atoms with Crippen LogP contribution in [0.3, 0.4) is 0 Å². The molecule has 4 N–H and O–H groups in total. The molecule has 0 atom stereocenters. The van der Waals surface area contributed by atoms with Gasteiger partial charge in [-0.2, -0.15) is 0 Å². The smallest absolute Gasteiger partial charge is 0.258 e. The summed E-state index contributed by atoms with van der Waals surface area (Å²) in [5.74, 6) is -0.135. The van der Waals surface area contributed by atoms with Crippen molar-refractivity contribution < 1.29 is 4.79 Å². The minimum Gasteiger partial charge on any atom is -0.399 e. The fourth-order valence-electron chi connectivity index (χ4n) is 3.10. The van der Waals surface area contributed by atoms with Crippen LogP contribution in [0.4, 0.5) is 17.1 Å². The maximum Gasteiger partial charge on any atom is 0.258 e. The highest BCUT2D eigenvalue weighted by atomic mass is 16.2. The lowest BCUT2D eigenvalue weighted by Crippen LogP contribution is -2.10. The topological polar surface area (TPSA) is 67.2 Å². The molecule has 1 aliphatic heterocycles. The van der Waals surface area contributed by atoms with Crippen molar-refractivity contribution in [3.63, 3.8) is 0 Å². The summed E-state index contributed by atoms with van der Waals surface area (Å²) >= 11 is 0. The number of hydrogen-bond donors (Lipinski definition) is 3. The fraction of sp³-hybridized carbons (Fsp3) is 0.0455. The lowest BCUT2D eigenvalue weighted by atomic mass is 9.99. The third-order valence-corrected chi connectivity index (χ3v) is 4.42. The summed E-state index contributed by atoms with van der Waals surface area (Å²) in [7, 11) is 0. The molecular weight excluding hydrogens is 322 g/mol. The summed E-state index contributed by atoms with van der Waals surface area (Å²) in [6.07, 6.45) is 0. The van der Waals surface area contributed by atoms with E-state index in [9.17, 15) is 4.79 Å². The molecule has 0 aromatic heterocycles. The minimum absolute atomic E-state index is 0.135. The molecule has 128 valence electrons. The van der Waals surface area contributed by atoms with E-state index in [1.54, 1.807) is 6.07 Å². The van der Waals surface area contributed by atoms with E-state index >= 15 is 0 Å². The minimum atomic E-state index is -0.135. The van der Waals surface area contributed by atoms with Crippen LogP contribution in [0.5, 0.6) is 0 Å². The summed E-state index contributed by atoms with van der Waals surface area (Å²) in [4.78, 5) is 12.8. The number of hydrogen-bond acceptors (Lipinski definition) is 3. The van der Waals surface area contributed by atoms with E-state index in [0.29, 0.717) is 11.3 Å². The average molecular weight is 341 g/mol. The van der Waals surface area contributed by atoms with E-state index in [2.05, 4.69) is 10.6 Å². The van der Waals surface area contributed by atoms with Crippen molar-refractivity contribution >= 4 is 34.2 Å². The molecule has 4 rings (SSSR count). The molecule has 0 radical (unpaired) electrons. The molecule has 4 heteroatoms. The predicted molar refractivity (Wildman–Crippen MR) is 108 cm³/mol. The Hall–Kier alpha value is -3.53. The summed E-state index contributed by atoms with van der Waals surface area (Å²) in [6.45, 7) is 2.05. The third-order valence-electron chi connectivity index (χ3n) is 4.42. The predicted octanol–water partition coefficient (Wildman–Crippen LogP) is 4.51. The van der Waals surface area contributed by atoms with E-state index in [0.717, 1.165) is 28.2 Å². The molecule has 1 aliphatic rings. The largest absolute Gasteiger partial charge is 0.399 e. The molecule has 4 nitrogen and oxygen atoms in total. The quantitative estimate of drug-likeness (QED) is 0.485. The van der Waals surface area contributed by atoms with Crippen LogP contribution in [0.2, 0.25) is 0 Å². The van der Waals surface area contributed by atoms with Gasteiger partial charge in [-0.25, -0.2) is 0 Å². The molecule has 0 saturated carbocycles. The van der Waals surface area contributed by atoms with Gasteiger partial charge in [-0.3, -0.25) is 4.79 Å². The number of fused-ring (bicyclic) bond motifs is 1. The van der Waals surface area contributed by atoms with Gasteiger partial charge < -0.3 is 16.4 Å². The highest BCUT2D eigenvalue weighted by Crippen LogP contribution is 2.38. The number of carbonyl (C=O) groups is 1. The number of aryl methyl sites for hydroxylation is 1. The molecule has 1 amide bonds. The molecule has 0 spiro atoms. The van der Waals surface area contributed by atoms with Crippen LogP contribution < -0.4 is 16.4 Å². The van der Waals surface area contributed by atoms with Crippen LogP contribution in [0, 0.1) is 6.92 Å².